The second-order valence-corrected chi connectivity index (χ2v) is 8.14. The highest BCUT2D eigenvalue weighted by atomic mass is 32.2. The second-order valence-electron chi connectivity index (χ2n) is 7.12. The van der Waals surface area contributed by atoms with Crippen LogP contribution in [0.2, 0.25) is 0 Å². The van der Waals surface area contributed by atoms with E-state index in [9.17, 15) is 9.59 Å². The number of hydrogen-bond acceptors (Lipinski definition) is 5. The molecule has 7 heteroatoms. The molecule has 4 rings (SSSR count). The van der Waals surface area contributed by atoms with Crippen LogP contribution in [0.5, 0.6) is 0 Å². The van der Waals surface area contributed by atoms with E-state index in [1.807, 2.05) is 29.2 Å². The van der Waals surface area contributed by atoms with Gasteiger partial charge in [0.05, 0.1) is 11.4 Å². The Balaban J connectivity index is 1.32. The topological polar surface area (TPSA) is 55.9 Å². The van der Waals surface area contributed by atoms with Gasteiger partial charge in [-0.25, -0.2) is 0 Å². The molecule has 2 fully saturated rings. The van der Waals surface area contributed by atoms with Gasteiger partial charge in [0.1, 0.15) is 0 Å². The van der Waals surface area contributed by atoms with E-state index in [0.29, 0.717) is 24.8 Å². The van der Waals surface area contributed by atoms with Gasteiger partial charge in [-0.2, -0.15) is 0 Å². The molecule has 3 aliphatic heterocycles. The molecule has 0 saturated carbocycles. The van der Waals surface area contributed by atoms with Gasteiger partial charge in [0, 0.05) is 63.2 Å². The highest BCUT2D eigenvalue weighted by Gasteiger charge is 2.31. The lowest BCUT2D eigenvalue weighted by Crippen LogP contribution is -2.49. The Hall–Kier alpha value is -1.57. The zero-order valence-corrected chi connectivity index (χ0v) is 15.8. The third-order valence-electron chi connectivity index (χ3n) is 5.54. The molecule has 1 aromatic carbocycles. The van der Waals surface area contributed by atoms with Crippen LogP contribution in [-0.4, -0.2) is 79.2 Å². The molecular formula is C19H26N4O2S. The van der Waals surface area contributed by atoms with Gasteiger partial charge in [0.2, 0.25) is 11.8 Å². The molecule has 1 N–H and O–H groups in total. The van der Waals surface area contributed by atoms with Crippen LogP contribution in [-0.2, 0) is 9.59 Å². The van der Waals surface area contributed by atoms with Crippen molar-refractivity contribution >= 4 is 29.3 Å². The van der Waals surface area contributed by atoms with E-state index < -0.39 is 0 Å². The molecule has 1 aromatic rings. The minimum atomic E-state index is 0.0987. The average molecular weight is 375 g/mol. The quantitative estimate of drug-likeness (QED) is 0.853. The fourth-order valence-corrected chi connectivity index (χ4v) is 5.01. The first-order chi connectivity index (χ1) is 12.7. The average Bonchev–Trinajstić information content (AvgIpc) is 3.18. The SMILES string of the molecule is O=C(CCN1C(=O)CSc2ccccc21)N1CCC(N2CCNCC2)C1. The molecule has 3 heterocycles. The van der Waals surface area contributed by atoms with Crippen LogP contribution < -0.4 is 10.2 Å². The summed E-state index contributed by atoms with van der Waals surface area (Å²) < 4.78 is 0. The summed E-state index contributed by atoms with van der Waals surface area (Å²) in [5.41, 5.74) is 0.946. The Morgan fingerprint density at radius 1 is 1.19 bits per heavy atom. The lowest BCUT2D eigenvalue weighted by Gasteiger charge is -2.32. The third kappa shape index (κ3) is 3.75. The number of anilines is 1. The molecule has 140 valence electrons. The zero-order chi connectivity index (χ0) is 17.9. The minimum absolute atomic E-state index is 0.0987. The lowest BCUT2D eigenvalue weighted by atomic mass is 10.2. The van der Waals surface area contributed by atoms with Gasteiger partial charge in [0.25, 0.3) is 0 Å². The number of benzene rings is 1. The summed E-state index contributed by atoms with van der Waals surface area (Å²) in [5.74, 6) is 0.729. The molecule has 26 heavy (non-hydrogen) atoms. The first kappa shape index (κ1) is 17.8. The number of hydrogen-bond donors (Lipinski definition) is 1. The van der Waals surface area contributed by atoms with E-state index in [-0.39, 0.29) is 11.8 Å². The van der Waals surface area contributed by atoms with E-state index in [1.54, 1.807) is 16.7 Å². The number of rotatable bonds is 4. The van der Waals surface area contributed by atoms with Crippen LogP contribution in [0.3, 0.4) is 0 Å². The van der Waals surface area contributed by atoms with Crippen molar-refractivity contribution in [3.05, 3.63) is 24.3 Å². The van der Waals surface area contributed by atoms with Crippen molar-refractivity contribution in [1.29, 1.82) is 0 Å². The Kier molecular flexibility index (Phi) is 5.47. The molecule has 0 aliphatic carbocycles. The van der Waals surface area contributed by atoms with Crippen LogP contribution in [0, 0.1) is 0 Å². The van der Waals surface area contributed by atoms with Gasteiger partial charge >= 0.3 is 0 Å². The molecule has 0 bridgehead atoms. The summed E-state index contributed by atoms with van der Waals surface area (Å²) >= 11 is 1.58. The van der Waals surface area contributed by atoms with Gasteiger partial charge < -0.3 is 15.1 Å². The minimum Gasteiger partial charge on any atom is -0.341 e. The van der Waals surface area contributed by atoms with Gasteiger partial charge in [-0.3, -0.25) is 14.5 Å². The highest BCUT2D eigenvalue weighted by molar-refractivity contribution is 8.00. The van der Waals surface area contributed by atoms with Crippen LogP contribution in [0.1, 0.15) is 12.8 Å². The molecule has 3 aliphatic rings. The van der Waals surface area contributed by atoms with Crippen LogP contribution in [0.25, 0.3) is 0 Å². The van der Waals surface area contributed by atoms with Gasteiger partial charge in [-0.05, 0) is 18.6 Å². The maximum absolute atomic E-state index is 12.7. The van der Waals surface area contributed by atoms with Gasteiger partial charge in [-0.1, -0.05) is 12.1 Å². The Bertz CT molecular complexity index is 677. The first-order valence-electron chi connectivity index (χ1n) is 9.47. The summed E-state index contributed by atoms with van der Waals surface area (Å²) in [6, 6.07) is 8.45. The molecule has 0 radical (unpaired) electrons. The van der Waals surface area contributed by atoms with E-state index in [2.05, 4.69) is 10.2 Å². The standard InChI is InChI=1S/C19H26N4O2S/c24-18(22-9-5-15(13-22)21-11-7-20-8-12-21)6-10-23-16-3-1-2-4-17(16)26-14-19(23)25/h1-4,15,20H,5-14H2. The van der Waals surface area contributed by atoms with Crippen LogP contribution >= 0.6 is 11.8 Å². The van der Waals surface area contributed by atoms with Gasteiger partial charge in [-0.15, -0.1) is 11.8 Å². The van der Waals surface area contributed by atoms with E-state index >= 15 is 0 Å². The molecule has 0 aromatic heterocycles. The normalized spacial score (nSPS) is 24.0. The molecule has 1 atom stereocenters. The fraction of sp³-hybridized carbons (Fsp3) is 0.579. The summed E-state index contributed by atoms with van der Waals surface area (Å²) in [6.45, 7) is 6.38. The maximum atomic E-state index is 12.7. The largest absolute Gasteiger partial charge is 0.341 e. The Morgan fingerprint density at radius 3 is 2.85 bits per heavy atom. The van der Waals surface area contributed by atoms with E-state index in [1.165, 1.54) is 0 Å². The van der Waals surface area contributed by atoms with Crippen molar-refractivity contribution in [3.63, 3.8) is 0 Å². The van der Waals surface area contributed by atoms with Crippen molar-refractivity contribution in [2.24, 2.45) is 0 Å². The number of para-hydroxylation sites is 1. The number of likely N-dealkylation sites (tertiary alicyclic amines) is 1. The fourth-order valence-electron chi connectivity index (χ4n) is 4.08. The number of nitrogens with one attached hydrogen (secondary N) is 1. The van der Waals surface area contributed by atoms with Crippen LogP contribution in [0.15, 0.2) is 29.2 Å². The van der Waals surface area contributed by atoms with E-state index in [0.717, 1.165) is 56.3 Å². The summed E-state index contributed by atoms with van der Waals surface area (Å²) in [5, 5.41) is 3.38. The Labute approximate surface area is 158 Å². The molecule has 2 saturated heterocycles. The molecule has 6 nitrogen and oxygen atoms in total. The predicted molar refractivity (Wildman–Crippen MR) is 104 cm³/mol. The molecular weight excluding hydrogens is 348 g/mol. The number of nitrogens with zero attached hydrogens (tertiary/aromatic N) is 3. The number of carbonyl (C=O) groups excluding carboxylic acids is 2. The number of amides is 2. The lowest BCUT2D eigenvalue weighted by molar-refractivity contribution is -0.130. The maximum Gasteiger partial charge on any atom is 0.237 e. The van der Waals surface area contributed by atoms with E-state index in [4.69, 9.17) is 0 Å². The van der Waals surface area contributed by atoms with Crippen molar-refractivity contribution in [3.8, 4) is 0 Å². The smallest absolute Gasteiger partial charge is 0.237 e. The summed E-state index contributed by atoms with van der Waals surface area (Å²) in [6.07, 6.45) is 1.47. The Morgan fingerprint density at radius 2 is 2.00 bits per heavy atom. The number of piperazine rings is 1. The third-order valence-corrected chi connectivity index (χ3v) is 6.59. The van der Waals surface area contributed by atoms with Crippen LogP contribution in [0.4, 0.5) is 5.69 Å². The molecule has 2 amide bonds. The van der Waals surface area contributed by atoms with Crippen molar-refractivity contribution < 1.29 is 9.59 Å². The number of carbonyl (C=O) groups is 2. The van der Waals surface area contributed by atoms with Crippen molar-refractivity contribution in [2.45, 2.75) is 23.8 Å². The molecule has 1 unspecified atom stereocenters. The monoisotopic (exact) mass is 374 g/mol. The summed E-state index contributed by atoms with van der Waals surface area (Å²) in [7, 11) is 0. The summed E-state index contributed by atoms with van der Waals surface area (Å²) in [4.78, 5) is 32.4. The highest BCUT2D eigenvalue weighted by Crippen LogP contribution is 2.35. The first-order valence-corrected chi connectivity index (χ1v) is 10.5. The number of thioether (sulfide) groups is 1. The van der Waals surface area contributed by atoms with Gasteiger partial charge in [0.15, 0.2) is 0 Å². The second kappa shape index (κ2) is 7.98. The van der Waals surface area contributed by atoms with Crippen molar-refractivity contribution in [2.75, 3.05) is 56.5 Å². The molecule has 0 spiro atoms. The zero-order valence-electron chi connectivity index (χ0n) is 15.0. The predicted octanol–water partition coefficient (Wildman–Crippen LogP) is 1.02. The van der Waals surface area contributed by atoms with Crippen molar-refractivity contribution in [1.82, 2.24) is 15.1 Å². The number of fused-ring (bicyclic) bond motifs is 1.